The first-order valence-corrected chi connectivity index (χ1v) is 7.58. The molecule has 0 spiro atoms. The van der Waals surface area contributed by atoms with E-state index in [0.717, 1.165) is 12.1 Å². The van der Waals surface area contributed by atoms with Crippen LogP contribution < -0.4 is 19.6 Å². The zero-order chi connectivity index (χ0) is 19.9. The Morgan fingerprint density at radius 2 is 1.44 bits per heavy atom. The molecule has 0 fully saturated rings. The number of benzene rings is 2. The van der Waals surface area contributed by atoms with Crippen molar-refractivity contribution in [2.75, 3.05) is 21.3 Å². The predicted octanol–water partition coefficient (Wildman–Crippen LogP) is 2.31. The van der Waals surface area contributed by atoms with E-state index in [0.29, 0.717) is 0 Å². The molecule has 27 heavy (non-hydrogen) atoms. The summed E-state index contributed by atoms with van der Waals surface area (Å²) in [6.45, 7) is 0. The molecule has 0 amide bonds. The van der Waals surface area contributed by atoms with Crippen LogP contribution in [0.15, 0.2) is 27.4 Å². The van der Waals surface area contributed by atoms with Crippen molar-refractivity contribution in [1.29, 1.82) is 0 Å². The molecule has 3 aromatic rings. The quantitative estimate of drug-likeness (QED) is 0.505. The summed E-state index contributed by atoms with van der Waals surface area (Å²) in [5.74, 6) is -2.77. The number of methoxy groups -OCH3 is 3. The standard InChI is InChI=1S/C18H16O9/c1-24-16-12(22)10-11(21)13(23)14(7-4-5-8(19)9(20)6-7)27-15(10)17(25-2)18(16)26-3/h4-6,19-20,22-23H,1-3H3. The summed E-state index contributed by atoms with van der Waals surface area (Å²) in [7, 11) is 3.87. The van der Waals surface area contributed by atoms with Crippen LogP contribution in [0.1, 0.15) is 0 Å². The third-order valence-electron chi connectivity index (χ3n) is 4.01. The number of aromatic hydroxyl groups is 4. The molecule has 1 aromatic heterocycles. The molecule has 1 heterocycles. The summed E-state index contributed by atoms with van der Waals surface area (Å²) in [5, 5.41) is 39.5. The Balaban J connectivity index is 2.49. The molecule has 0 aliphatic carbocycles. The Bertz CT molecular complexity index is 1100. The van der Waals surface area contributed by atoms with Crippen LogP contribution in [0.5, 0.6) is 40.2 Å². The van der Waals surface area contributed by atoms with E-state index in [9.17, 15) is 25.2 Å². The van der Waals surface area contributed by atoms with Crippen LogP contribution in [0, 0.1) is 0 Å². The number of hydrogen-bond donors (Lipinski definition) is 4. The van der Waals surface area contributed by atoms with Crippen LogP contribution in [0.4, 0.5) is 0 Å². The van der Waals surface area contributed by atoms with Crippen LogP contribution >= 0.6 is 0 Å². The first-order chi connectivity index (χ1) is 12.8. The van der Waals surface area contributed by atoms with E-state index in [2.05, 4.69) is 0 Å². The van der Waals surface area contributed by atoms with Gasteiger partial charge in [0, 0.05) is 5.56 Å². The molecule has 9 nitrogen and oxygen atoms in total. The summed E-state index contributed by atoms with van der Waals surface area (Å²) < 4.78 is 21.2. The molecule has 3 rings (SSSR count). The predicted molar refractivity (Wildman–Crippen MR) is 94.2 cm³/mol. The minimum atomic E-state index is -0.949. The molecule has 0 radical (unpaired) electrons. The van der Waals surface area contributed by atoms with Crippen molar-refractivity contribution in [1.82, 2.24) is 0 Å². The van der Waals surface area contributed by atoms with Gasteiger partial charge < -0.3 is 39.1 Å². The molecular formula is C18H16O9. The number of phenolic OH excluding ortho intramolecular Hbond substituents is 3. The van der Waals surface area contributed by atoms with Gasteiger partial charge in [-0.1, -0.05) is 0 Å². The van der Waals surface area contributed by atoms with E-state index in [1.165, 1.54) is 27.4 Å². The lowest BCUT2D eigenvalue weighted by atomic mass is 10.1. The molecular weight excluding hydrogens is 360 g/mol. The Labute approximate surface area is 152 Å². The second-order valence-corrected chi connectivity index (χ2v) is 5.46. The molecule has 0 aliphatic rings. The van der Waals surface area contributed by atoms with Crippen molar-refractivity contribution in [3.05, 3.63) is 28.4 Å². The molecule has 0 unspecified atom stereocenters. The maximum Gasteiger partial charge on any atom is 0.239 e. The Morgan fingerprint density at radius 1 is 0.815 bits per heavy atom. The highest BCUT2D eigenvalue weighted by Gasteiger charge is 2.28. The van der Waals surface area contributed by atoms with Crippen LogP contribution in [0.2, 0.25) is 0 Å². The molecule has 0 saturated heterocycles. The van der Waals surface area contributed by atoms with Crippen molar-refractivity contribution in [2.24, 2.45) is 0 Å². The maximum atomic E-state index is 12.7. The maximum absolute atomic E-state index is 12.7. The average Bonchev–Trinajstić information content (AvgIpc) is 2.66. The monoisotopic (exact) mass is 376 g/mol. The minimum absolute atomic E-state index is 0.0154. The Kier molecular flexibility index (Phi) is 4.36. The smallest absolute Gasteiger partial charge is 0.239 e. The van der Waals surface area contributed by atoms with Gasteiger partial charge in [-0.05, 0) is 18.2 Å². The zero-order valence-electron chi connectivity index (χ0n) is 14.6. The summed E-state index contributed by atoms with van der Waals surface area (Å²) in [5.41, 5.74) is -1.04. The lowest BCUT2D eigenvalue weighted by Crippen LogP contribution is -2.06. The number of fused-ring (bicyclic) bond motifs is 1. The fourth-order valence-electron chi connectivity index (χ4n) is 2.75. The zero-order valence-corrected chi connectivity index (χ0v) is 14.6. The fraction of sp³-hybridized carbons (Fsp3) is 0.167. The van der Waals surface area contributed by atoms with Gasteiger partial charge in [-0.2, -0.15) is 0 Å². The van der Waals surface area contributed by atoms with Gasteiger partial charge in [-0.15, -0.1) is 0 Å². The lowest BCUT2D eigenvalue weighted by Gasteiger charge is -2.16. The molecule has 4 N–H and O–H groups in total. The highest BCUT2D eigenvalue weighted by Crippen LogP contribution is 2.51. The van der Waals surface area contributed by atoms with E-state index >= 15 is 0 Å². The van der Waals surface area contributed by atoms with Gasteiger partial charge >= 0.3 is 0 Å². The molecule has 0 aliphatic heterocycles. The van der Waals surface area contributed by atoms with E-state index in [4.69, 9.17) is 18.6 Å². The summed E-state index contributed by atoms with van der Waals surface area (Å²) in [6, 6.07) is 3.59. The molecule has 0 saturated carbocycles. The minimum Gasteiger partial charge on any atom is -0.504 e. The molecule has 9 heteroatoms. The summed E-state index contributed by atoms with van der Waals surface area (Å²) >= 11 is 0. The molecule has 0 atom stereocenters. The molecule has 0 bridgehead atoms. The molecule has 142 valence electrons. The Hall–Kier alpha value is -3.75. The third-order valence-corrected chi connectivity index (χ3v) is 4.01. The first-order valence-electron chi connectivity index (χ1n) is 7.58. The summed E-state index contributed by atoms with van der Waals surface area (Å²) in [6.07, 6.45) is 0. The van der Waals surface area contributed by atoms with Gasteiger partial charge in [0.2, 0.25) is 28.4 Å². The van der Waals surface area contributed by atoms with Gasteiger partial charge in [0.15, 0.2) is 28.6 Å². The van der Waals surface area contributed by atoms with Crippen molar-refractivity contribution in [3.8, 4) is 51.6 Å². The Morgan fingerprint density at radius 3 is 2.00 bits per heavy atom. The highest BCUT2D eigenvalue weighted by atomic mass is 16.5. The van der Waals surface area contributed by atoms with Gasteiger partial charge in [-0.3, -0.25) is 4.79 Å². The largest absolute Gasteiger partial charge is 0.504 e. The summed E-state index contributed by atoms with van der Waals surface area (Å²) in [4.78, 5) is 12.7. The fourth-order valence-corrected chi connectivity index (χ4v) is 2.75. The second kappa shape index (κ2) is 6.52. The number of rotatable bonds is 4. The lowest BCUT2D eigenvalue weighted by molar-refractivity contribution is 0.311. The number of ether oxygens (including phenoxy) is 3. The first kappa shape index (κ1) is 18.1. The van der Waals surface area contributed by atoms with Gasteiger partial charge in [0.1, 0.15) is 5.39 Å². The van der Waals surface area contributed by atoms with E-state index in [1.54, 1.807) is 0 Å². The van der Waals surface area contributed by atoms with E-state index in [1.807, 2.05) is 0 Å². The third kappa shape index (κ3) is 2.60. The van der Waals surface area contributed by atoms with Crippen LogP contribution in [-0.4, -0.2) is 41.8 Å². The van der Waals surface area contributed by atoms with Gasteiger partial charge in [0.25, 0.3) is 0 Å². The topological polar surface area (TPSA) is 139 Å². The van der Waals surface area contributed by atoms with Crippen LogP contribution in [-0.2, 0) is 0 Å². The van der Waals surface area contributed by atoms with Crippen LogP contribution in [0.25, 0.3) is 22.3 Å². The van der Waals surface area contributed by atoms with Gasteiger partial charge in [0.05, 0.1) is 21.3 Å². The second-order valence-electron chi connectivity index (χ2n) is 5.46. The van der Waals surface area contributed by atoms with Crippen LogP contribution in [0.3, 0.4) is 0 Å². The SMILES string of the molecule is COc1c(OC)c(O)c2c(=O)c(O)c(-c3ccc(O)c(O)c3)oc2c1OC. The van der Waals surface area contributed by atoms with Crippen molar-refractivity contribution in [3.63, 3.8) is 0 Å². The normalized spacial score (nSPS) is 10.8. The van der Waals surface area contributed by atoms with E-state index < -0.39 is 22.7 Å². The average molecular weight is 376 g/mol. The van der Waals surface area contributed by atoms with Crippen molar-refractivity contribution >= 4 is 11.0 Å². The van der Waals surface area contributed by atoms with E-state index in [-0.39, 0.29) is 45.3 Å². The van der Waals surface area contributed by atoms with Gasteiger partial charge in [-0.25, -0.2) is 0 Å². The number of phenols is 3. The molecule has 2 aromatic carbocycles. The number of hydrogen-bond acceptors (Lipinski definition) is 9. The van der Waals surface area contributed by atoms with Crippen molar-refractivity contribution < 1.29 is 39.1 Å². The highest BCUT2D eigenvalue weighted by molar-refractivity contribution is 5.96. The van der Waals surface area contributed by atoms with Crippen molar-refractivity contribution in [2.45, 2.75) is 0 Å².